The molecule has 6 atom stereocenters. The molecule has 1 aliphatic rings. The number of benzene rings is 3. The van der Waals surface area contributed by atoms with Gasteiger partial charge in [-0.1, -0.05) is 91.0 Å². The molecular weight excluding hydrogens is 420 g/mol. The molecule has 6 N–H and O–H groups in total. The van der Waals surface area contributed by atoms with Crippen molar-refractivity contribution in [2.45, 2.75) is 54.4 Å². The van der Waals surface area contributed by atoms with Crippen LogP contribution in [0.15, 0.2) is 91.0 Å². The molecule has 174 valence electrons. The average molecular weight is 451 g/mol. The summed E-state index contributed by atoms with van der Waals surface area (Å²) in [5, 5.41) is 68.9. The van der Waals surface area contributed by atoms with E-state index in [-0.39, 0.29) is 19.3 Å². The minimum absolute atomic E-state index is 0.230. The van der Waals surface area contributed by atoms with E-state index in [0.717, 1.165) is 0 Å². The van der Waals surface area contributed by atoms with Crippen molar-refractivity contribution in [3.8, 4) is 0 Å². The predicted octanol–water partition coefficient (Wildman–Crippen LogP) is 1.00. The second-order valence-corrected chi connectivity index (χ2v) is 9.12. The van der Waals surface area contributed by atoms with Gasteiger partial charge in [0.05, 0.1) is 0 Å². The third-order valence-electron chi connectivity index (χ3n) is 6.94. The summed E-state index contributed by atoms with van der Waals surface area (Å²) < 4.78 is 0. The summed E-state index contributed by atoms with van der Waals surface area (Å²) in [5.74, 6) is 0. The summed E-state index contributed by atoms with van der Waals surface area (Å²) >= 11 is 0. The summed E-state index contributed by atoms with van der Waals surface area (Å²) in [6.45, 7) is 0. The maximum Gasteiger partial charge on any atom is 0.129 e. The van der Waals surface area contributed by atoms with E-state index in [1.807, 2.05) is 0 Å². The lowest BCUT2D eigenvalue weighted by molar-refractivity contribution is -0.340. The molecule has 3 aromatic rings. The van der Waals surface area contributed by atoms with Crippen molar-refractivity contribution in [1.82, 2.24) is 0 Å². The van der Waals surface area contributed by atoms with Crippen LogP contribution in [0, 0.1) is 0 Å². The van der Waals surface area contributed by atoms with E-state index in [4.69, 9.17) is 0 Å². The van der Waals surface area contributed by atoms with E-state index in [0.29, 0.717) is 16.7 Å². The molecule has 0 unspecified atom stereocenters. The second kappa shape index (κ2) is 8.99. The molecule has 0 aromatic heterocycles. The topological polar surface area (TPSA) is 121 Å². The lowest BCUT2D eigenvalue weighted by Crippen LogP contribution is -2.83. The molecule has 33 heavy (non-hydrogen) atoms. The van der Waals surface area contributed by atoms with Crippen molar-refractivity contribution < 1.29 is 30.6 Å². The zero-order valence-corrected chi connectivity index (χ0v) is 18.2. The smallest absolute Gasteiger partial charge is 0.129 e. The van der Waals surface area contributed by atoms with Gasteiger partial charge in [-0.3, -0.25) is 0 Å². The van der Waals surface area contributed by atoms with Gasteiger partial charge in [0.25, 0.3) is 0 Å². The fraction of sp³-hybridized carbons (Fsp3) is 0.333. The minimum Gasteiger partial charge on any atom is -0.387 e. The minimum atomic E-state index is -2.38. The Kier molecular flexibility index (Phi) is 6.42. The van der Waals surface area contributed by atoms with Crippen molar-refractivity contribution >= 4 is 0 Å². The highest BCUT2D eigenvalue weighted by Crippen LogP contribution is 2.47. The first-order valence-electron chi connectivity index (χ1n) is 11.0. The maximum atomic E-state index is 11.9. The number of hydrogen-bond donors (Lipinski definition) is 6. The zero-order valence-electron chi connectivity index (χ0n) is 18.2. The molecule has 0 bridgehead atoms. The van der Waals surface area contributed by atoms with Crippen LogP contribution in [-0.4, -0.2) is 65.8 Å². The molecule has 3 aromatic carbocycles. The molecule has 1 fully saturated rings. The quantitative estimate of drug-likeness (QED) is 0.333. The van der Waals surface area contributed by atoms with Gasteiger partial charge < -0.3 is 30.6 Å². The number of rotatable bonds is 6. The summed E-state index contributed by atoms with van der Waals surface area (Å²) in [5.41, 5.74) is -5.26. The first kappa shape index (κ1) is 23.6. The van der Waals surface area contributed by atoms with Crippen LogP contribution in [0.3, 0.4) is 0 Å². The Bertz CT molecular complexity index is 1050. The van der Waals surface area contributed by atoms with Gasteiger partial charge in [0.2, 0.25) is 0 Å². The van der Waals surface area contributed by atoms with E-state index in [1.54, 1.807) is 91.0 Å². The van der Waals surface area contributed by atoms with Gasteiger partial charge in [-0.15, -0.1) is 0 Å². The fourth-order valence-corrected chi connectivity index (χ4v) is 5.05. The van der Waals surface area contributed by atoms with Crippen molar-refractivity contribution in [3.05, 3.63) is 108 Å². The van der Waals surface area contributed by atoms with E-state index < -0.39 is 35.1 Å². The van der Waals surface area contributed by atoms with Crippen LogP contribution in [-0.2, 0) is 19.3 Å². The Hall–Kier alpha value is -2.58. The third-order valence-corrected chi connectivity index (χ3v) is 6.94. The Morgan fingerprint density at radius 2 is 0.848 bits per heavy atom. The lowest BCUT2D eigenvalue weighted by Gasteiger charge is -2.59. The van der Waals surface area contributed by atoms with Gasteiger partial charge in [-0.05, 0) is 16.7 Å². The normalized spacial score (nSPS) is 34.2. The highest BCUT2D eigenvalue weighted by Gasteiger charge is 2.71. The summed E-state index contributed by atoms with van der Waals surface area (Å²) in [4.78, 5) is 0. The van der Waals surface area contributed by atoms with E-state index in [9.17, 15) is 30.6 Å². The van der Waals surface area contributed by atoms with Gasteiger partial charge in [-0.25, -0.2) is 0 Å². The standard InChI is InChI=1S/C27H30O6/c28-22-23(29)26(32,17-20-12-6-2-7-13-20)27(33,18-21-14-8-3-9-15-21)24(30)25(22,31)16-19-10-4-1-5-11-19/h1-15,22-24,28-33H,16-18H2/t22-,23-,24-,25+,26+,27-/m1/s1. The van der Waals surface area contributed by atoms with Crippen molar-refractivity contribution in [3.63, 3.8) is 0 Å². The molecule has 0 amide bonds. The Morgan fingerprint density at radius 1 is 0.485 bits per heavy atom. The van der Waals surface area contributed by atoms with Crippen LogP contribution in [0.4, 0.5) is 0 Å². The predicted molar refractivity (Wildman–Crippen MR) is 123 cm³/mol. The number of hydrogen-bond acceptors (Lipinski definition) is 6. The van der Waals surface area contributed by atoms with E-state index >= 15 is 0 Å². The first-order valence-corrected chi connectivity index (χ1v) is 11.0. The second-order valence-electron chi connectivity index (χ2n) is 9.12. The third kappa shape index (κ3) is 4.10. The molecule has 6 heteroatoms. The summed E-state index contributed by atoms with van der Waals surface area (Å²) in [6, 6.07) is 26.2. The molecule has 0 saturated heterocycles. The summed E-state index contributed by atoms with van der Waals surface area (Å²) in [7, 11) is 0. The molecule has 0 radical (unpaired) electrons. The van der Waals surface area contributed by atoms with Crippen LogP contribution in [0.25, 0.3) is 0 Å². The number of aliphatic hydroxyl groups excluding tert-OH is 3. The van der Waals surface area contributed by atoms with Gasteiger partial charge in [0.15, 0.2) is 0 Å². The van der Waals surface area contributed by atoms with Crippen LogP contribution in [0.1, 0.15) is 16.7 Å². The monoisotopic (exact) mass is 450 g/mol. The highest BCUT2D eigenvalue weighted by molar-refractivity contribution is 5.32. The van der Waals surface area contributed by atoms with Crippen LogP contribution in [0.5, 0.6) is 0 Å². The van der Waals surface area contributed by atoms with Crippen LogP contribution < -0.4 is 0 Å². The van der Waals surface area contributed by atoms with Crippen molar-refractivity contribution in [2.24, 2.45) is 0 Å². The first-order chi connectivity index (χ1) is 15.7. The molecule has 0 aliphatic heterocycles. The molecule has 0 spiro atoms. The van der Waals surface area contributed by atoms with E-state index in [1.165, 1.54) is 0 Å². The molecule has 1 saturated carbocycles. The van der Waals surface area contributed by atoms with E-state index in [2.05, 4.69) is 0 Å². The molecular formula is C27H30O6. The van der Waals surface area contributed by atoms with Gasteiger partial charge >= 0.3 is 0 Å². The summed E-state index contributed by atoms with van der Waals surface area (Å²) in [6.07, 6.45) is -6.56. The number of aliphatic hydroxyl groups is 6. The molecule has 6 nitrogen and oxygen atoms in total. The highest BCUT2D eigenvalue weighted by atomic mass is 16.4. The Labute approximate surface area is 193 Å². The van der Waals surface area contributed by atoms with Crippen molar-refractivity contribution in [1.29, 1.82) is 0 Å². The Balaban J connectivity index is 1.81. The Morgan fingerprint density at radius 3 is 1.27 bits per heavy atom. The lowest BCUT2D eigenvalue weighted by atomic mass is 9.56. The maximum absolute atomic E-state index is 11.9. The van der Waals surface area contributed by atoms with Crippen LogP contribution in [0.2, 0.25) is 0 Å². The zero-order chi connectivity index (χ0) is 23.7. The van der Waals surface area contributed by atoms with Gasteiger partial charge in [-0.2, -0.15) is 0 Å². The molecule has 4 rings (SSSR count). The van der Waals surface area contributed by atoms with Crippen LogP contribution >= 0.6 is 0 Å². The average Bonchev–Trinajstić information content (AvgIpc) is 2.83. The van der Waals surface area contributed by atoms with Crippen molar-refractivity contribution in [2.75, 3.05) is 0 Å². The largest absolute Gasteiger partial charge is 0.387 e. The van der Waals surface area contributed by atoms with Gasteiger partial charge in [0.1, 0.15) is 35.1 Å². The SMILES string of the molecule is O[C@@H]1[C@@H](O)[C@@](O)(Cc2ccccc2)[C@@](O)(Cc2ccccc2)[C@H](O)[C@]1(O)Cc1ccccc1. The molecule has 0 heterocycles. The van der Waals surface area contributed by atoms with Gasteiger partial charge in [0, 0.05) is 19.3 Å². The molecule has 1 aliphatic carbocycles. The fourth-order valence-electron chi connectivity index (χ4n) is 5.05.